The van der Waals surface area contributed by atoms with Crippen molar-refractivity contribution in [3.05, 3.63) is 71.1 Å². The molecule has 1 aliphatic carbocycles. The van der Waals surface area contributed by atoms with E-state index < -0.39 is 17.0 Å². The fraction of sp³-hybridized carbons (Fsp3) is 0.360. The summed E-state index contributed by atoms with van der Waals surface area (Å²) < 4.78 is 29.0. The van der Waals surface area contributed by atoms with E-state index in [2.05, 4.69) is 37.3 Å². The number of halogens is 2. The van der Waals surface area contributed by atoms with Crippen molar-refractivity contribution in [1.82, 2.24) is 35.3 Å². The number of nitrogens with one attached hydrogen (secondary N) is 1. The summed E-state index contributed by atoms with van der Waals surface area (Å²) in [6, 6.07) is 7.38. The minimum atomic E-state index is -0.655. The average Bonchev–Trinajstić information content (AvgIpc) is 3.27. The van der Waals surface area contributed by atoms with Crippen LogP contribution in [0.3, 0.4) is 0 Å². The Kier molecular flexibility index (Phi) is 5.63. The summed E-state index contributed by atoms with van der Waals surface area (Å²) in [5.74, 6) is 0.709. The lowest BCUT2D eigenvalue weighted by Gasteiger charge is -2.37. The van der Waals surface area contributed by atoms with E-state index in [1.54, 1.807) is 18.3 Å². The molecule has 9 heteroatoms. The largest absolute Gasteiger partial charge is 0.263 e. The molecule has 7 nitrogen and oxygen atoms in total. The van der Waals surface area contributed by atoms with E-state index in [9.17, 15) is 8.78 Å². The fourth-order valence-corrected chi connectivity index (χ4v) is 4.82. The summed E-state index contributed by atoms with van der Waals surface area (Å²) in [6.45, 7) is 6.01. The van der Waals surface area contributed by atoms with Crippen LogP contribution in [0.2, 0.25) is 0 Å². The van der Waals surface area contributed by atoms with Crippen molar-refractivity contribution >= 4 is 0 Å². The monoisotopic (exact) mass is 461 g/mol. The minimum absolute atomic E-state index is 0.154. The molecule has 1 aromatic carbocycles. The van der Waals surface area contributed by atoms with Gasteiger partial charge < -0.3 is 0 Å². The van der Waals surface area contributed by atoms with E-state index in [-0.39, 0.29) is 17.2 Å². The normalized spacial score (nSPS) is 19.7. The van der Waals surface area contributed by atoms with Crippen LogP contribution in [0, 0.1) is 18.6 Å². The van der Waals surface area contributed by atoms with E-state index in [1.807, 2.05) is 13.8 Å². The first-order chi connectivity index (χ1) is 16.4. The maximum absolute atomic E-state index is 14.5. The van der Waals surface area contributed by atoms with Crippen molar-refractivity contribution in [3.63, 3.8) is 0 Å². The summed E-state index contributed by atoms with van der Waals surface area (Å²) in [5.41, 5.74) is 1.75. The van der Waals surface area contributed by atoms with Gasteiger partial charge in [0.15, 0.2) is 5.82 Å². The van der Waals surface area contributed by atoms with E-state index in [1.165, 1.54) is 18.2 Å². The first-order valence-electron chi connectivity index (χ1n) is 11.5. The standard InChI is InChI=1S/C25H25F2N7/c1-4-6-15-9-11-25(3,24-28-12-10-19(30-24)23-29-14(2)31-34-23)22-16(15)13-20(32-33-22)21-17(26)7-5-8-18(21)27/h5,7-8,10,12-13,15H,4,6,9,11H2,1-3H3,(H,29,31,34)/t15-,25-/m1/s1. The molecule has 1 N–H and O–H groups in total. The summed E-state index contributed by atoms with van der Waals surface area (Å²) >= 11 is 0. The third kappa shape index (κ3) is 3.74. The van der Waals surface area contributed by atoms with Crippen molar-refractivity contribution in [1.29, 1.82) is 0 Å². The summed E-state index contributed by atoms with van der Waals surface area (Å²) in [4.78, 5) is 13.7. The van der Waals surface area contributed by atoms with E-state index in [0.29, 0.717) is 23.2 Å². The van der Waals surface area contributed by atoms with Gasteiger partial charge in [-0.15, -0.1) is 5.10 Å². The molecule has 3 aromatic heterocycles. The molecule has 34 heavy (non-hydrogen) atoms. The highest BCUT2D eigenvalue weighted by atomic mass is 19.1. The van der Waals surface area contributed by atoms with Crippen molar-refractivity contribution in [3.8, 4) is 22.8 Å². The Bertz CT molecular complexity index is 1330. The second kappa shape index (κ2) is 8.62. The lowest BCUT2D eigenvalue weighted by atomic mass is 9.68. The van der Waals surface area contributed by atoms with Crippen LogP contribution in [-0.2, 0) is 5.41 Å². The first kappa shape index (κ1) is 22.2. The number of nitrogens with zero attached hydrogens (tertiary/aromatic N) is 6. The molecule has 0 aliphatic heterocycles. The van der Waals surface area contributed by atoms with E-state index >= 15 is 0 Å². The molecule has 174 valence electrons. The van der Waals surface area contributed by atoms with Crippen LogP contribution in [0.25, 0.3) is 22.8 Å². The third-order valence-electron chi connectivity index (χ3n) is 6.61. The number of aryl methyl sites for hydroxylation is 1. The number of hydrogen-bond donors (Lipinski definition) is 1. The highest BCUT2D eigenvalue weighted by Crippen LogP contribution is 2.47. The first-order valence-corrected chi connectivity index (χ1v) is 11.5. The Balaban J connectivity index is 1.64. The van der Waals surface area contributed by atoms with Crippen LogP contribution >= 0.6 is 0 Å². The summed E-state index contributed by atoms with van der Waals surface area (Å²) in [6.07, 6.45) is 5.30. The molecule has 2 atom stereocenters. The van der Waals surface area contributed by atoms with Crippen LogP contribution in [0.5, 0.6) is 0 Å². The SMILES string of the molecule is CCC[C@@H]1CC[C@@](C)(c2nccc(-c3n[nH]c(C)n3)n2)c2nnc(-c3c(F)cccc3F)cc21. The molecule has 1 aliphatic rings. The third-order valence-corrected chi connectivity index (χ3v) is 6.61. The van der Waals surface area contributed by atoms with Gasteiger partial charge in [-0.05, 0) is 68.9 Å². The Hall–Kier alpha value is -3.62. The van der Waals surface area contributed by atoms with Crippen molar-refractivity contribution in [2.75, 3.05) is 0 Å². The van der Waals surface area contributed by atoms with Gasteiger partial charge in [0.1, 0.15) is 29.0 Å². The van der Waals surface area contributed by atoms with E-state index in [0.717, 1.165) is 36.9 Å². The molecular weight excluding hydrogens is 436 g/mol. The molecular formula is C25H25F2N7. The Morgan fingerprint density at radius 1 is 1.09 bits per heavy atom. The van der Waals surface area contributed by atoms with Gasteiger partial charge in [0.2, 0.25) is 0 Å². The number of H-pyrrole nitrogens is 1. The van der Waals surface area contributed by atoms with Gasteiger partial charge in [-0.1, -0.05) is 19.4 Å². The molecule has 0 unspecified atom stereocenters. The van der Waals surface area contributed by atoms with Crippen LogP contribution in [0.4, 0.5) is 8.78 Å². The smallest absolute Gasteiger partial charge is 0.199 e. The number of hydrogen-bond acceptors (Lipinski definition) is 6. The van der Waals surface area contributed by atoms with Crippen molar-refractivity contribution in [2.24, 2.45) is 0 Å². The van der Waals surface area contributed by atoms with Crippen molar-refractivity contribution < 1.29 is 8.78 Å². The van der Waals surface area contributed by atoms with Crippen LogP contribution < -0.4 is 0 Å². The van der Waals surface area contributed by atoms with Gasteiger partial charge in [-0.3, -0.25) is 5.10 Å². The zero-order valence-corrected chi connectivity index (χ0v) is 19.3. The molecule has 0 saturated heterocycles. The Morgan fingerprint density at radius 2 is 1.88 bits per heavy atom. The van der Waals surface area contributed by atoms with Crippen LogP contribution in [0.1, 0.15) is 68.4 Å². The number of aromatic amines is 1. The zero-order chi connectivity index (χ0) is 23.9. The van der Waals surface area contributed by atoms with Crippen LogP contribution in [0.15, 0.2) is 36.5 Å². The Labute approximate surface area is 196 Å². The maximum atomic E-state index is 14.5. The highest BCUT2D eigenvalue weighted by Gasteiger charge is 2.42. The number of aromatic nitrogens is 7. The lowest BCUT2D eigenvalue weighted by Crippen LogP contribution is -2.34. The Morgan fingerprint density at radius 3 is 2.59 bits per heavy atom. The van der Waals surface area contributed by atoms with Gasteiger partial charge >= 0.3 is 0 Å². The average molecular weight is 462 g/mol. The molecule has 0 amide bonds. The van der Waals surface area contributed by atoms with Crippen LogP contribution in [-0.4, -0.2) is 35.3 Å². The second-order valence-electron chi connectivity index (χ2n) is 9.00. The molecule has 0 spiro atoms. The highest BCUT2D eigenvalue weighted by molar-refractivity contribution is 5.62. The van der Waals surface area contributed by atoms with Crippen molar-refractivity contribution in [2.45, 2.75) is 57.8 Å². The predicted octanol–water partition coefficient (Wildman–Crippen LogP) is 5.29. The maximum Gasteiger partial charge on any atom is 0.199 e. The number of benzene rings is 1. The molecule has 3 heterocycles. The lowest BCUT2D eigenvalue weighted by molar-refractivity contribution is 0.374. The molecule has 0 bridgehead atoms. The topological polar surface area (TPSA) is 93.1 Å². The molecule has 0 saturated carbocycles. The molecule has 4 aromatic rings. The summed E-state index contributed by atoms with van der Waals surface area (Å²) in [7, 11) is 0. The summed E-state index contributed by atoms with van der Waals surface area (Å²) in [5, 5.41) is 15.9. The van der Waals surface area contributed by atoms with Gasteiger partial charge in [0.25, 0.3) is 0 Å². The quantitative estimate of drug-likeness (QED) is 0.434. The zero-order valence-electron chi connectivity index (χ0n) is 19.3. The predicted molar refractivity (Wildman–Crippen MR) is 123 cm³/mol. The van der Waals surface area contributed by atoms with E-state index in [4.69, 9.17) is 4.98 Å². The fourth-order valence-electron chi connectivity index (χ4n) is 4.82. The number of rotatable bonds is 5. The molecule has 5 rings (SSSR count). The van der Waals surface area contributed by atoms with Gasteiger partial charge in [0.05, 0.1) is 22.4 Å². The minimum Gasteiger partial charge on any atom is -0.263 e. The van der Waals surface area contributed by atoms with Gasteiger partial charge in [-0.2, -0.15) is 10.2 Å². The van der Waals surface area contributed by atoms with Gasteiger partial charge in [0, 0.05) is 6.20 Å². The second-order valence-corrected chi connectivity index (χ2v) is 9.00. The number of fused-ring (bicyclic) bond motifs is 1. The molecule has 0 radical (unpaired) electrons. The molecule has 0 fully saturated rings. The van der Waals surface area contributed by atoms with Gasteiger partial charge in [-0.25, -0.2) is 23.7 Å².